The van der Waals surface area contributed by atoms with Crippen LogP contribution in [-0.2, 0) is 19.1 Å². The maximum absolute atomic E-state index is 11.5. The van der Waals surface area contributed by atoms with Gasteiger partial charge < -0.3 is 15.4 Å². The third-order valence-electron chi connectivity index (χ3n) is 3.27. The van der Waals surface area contributed by atoms with Crippen molar-refractivity contribution in [2.45, 2.75) is 12.6 Å². The van der Waals surface area contributed by atoms with Gasteiger partial charge in [-0.05, 0) is 6.42 Å². The largest absolute Gasteiger partial charge is 0.432 e. The molecule has 18 heavy (non-hydrogen) atoms. The molecule has 0 spiro atoms. The van der Waals surface area contributed by atoms with Crippen molar-refractivity contribution in [1.29, 1.82) is 0 Å². The fraction of sp³-hybridized carbons (Fsp3) is 0.364. The van der Waals surface area contributed by atoms with Gasteiger partial charge in [-0.2, -0.15) is 0 Å². The molecule has 7 nitrogen and oxygen atoms in total. The van der Waals surface area contributed by atoms with Crippen molar-refractivity contribution >= 4 is 17.8 Å². The zero-order valence-electron chi connectivity index (χ0n) is 9.46. The summed E-state index contributed by atoms with van der Waals surface area (Å²) in [7, 11) is 0. The van der Waals surface area contributed by atoms with Crippen molar-refractivity contribution in [3.8, 4) is 0 Å². The quantitative estimate of drug-likeness (QED) is 0.459. The molecule has 7 heteroatoms. The monoisotopic (exact) mass is 249 g/mol. The Balaban J connectivity index is 1.85. The number of carbonyl (C=O) groups excluding carboxylic acids is 3. The van der Waals surface area contributed by atoms with E-state index in [1.165, 1.54) is 4.90 Å². The van der Waals surface area contributed by atoms with Crippen LogP contribution in [0.2, 0.25) is 0 Å². The third kappa shape index (κ3) is 1.47. The van der Waals surface area contributed by atoms with E-state index in [1.807, 2.05) is 6.08 Å². The Morgan fingerprint density at radius 2 is 2.22 bits per heavy atom. The average molecular weight is 249 g/mol. The summed E-state index contributed by atoms with van der Waals surface area (Å²) in [6.45, 7) is 0.651. The first-order chi connectivity index (χ1) is 8.56. The molecular weight excluding hydrogens is 238 g/mol. The van der Waals surface area contributed by atoms with Crippen LogP contribution < -0.4 is 5.73 Å². The van der Waals surface area contributed by atoms with Gasteiger partial charge in [0.1, 0.15) is 0 Å². The molecule has 3 aliphatic heterocycles. The van der Waals surface area contributed by atoms with Crippen molar-refractivity contribution in [1.82, 2.24) is 9.80 Å². The van der Waals surface area contributed by atoms with Crippen molar-refractivity contribution < 1.29 is 19.1 Å². The van der Waals surface area contributed by atoms with E-state index in [9.17, 15) is 14.4 Å². The van der Waals surface area contributed by atoms with Crippen LogP contribution in [0.1, 0.15) is 6.42 Å². The second-order valence-electron chi connectivity index (χ2n) is 4.36. The van der Waals surface area contributed by atoms with Gasteiger partial charge in [0.15, 0.2) is 6.23 Å². The molecular formula is C11H11N3O4. The SMILES string of the molecule is NC(=O)C1=CN2CC3OC(=O)C(=O)N3CC2=CC1. The number of primary amides is 1. The molecule has 0 radical (unpaired) electrons. The Morgan fingerprint density at radius 1 is 1.44 bits per heavy atom. The molecule has 0 aliphatic carbocycles. The molecule has 3 aliphatic rings. The average Bonchev–Trinajstić information content (AvgIpc) is 2.61. The number of hydrogen-bond donors (Lipinski definition) is 1. The Morgan fingerprint density at radius 3 is 2.94 bits per heavy atom. The van der Waals surface area contributed by atoms with Gasteiger partial charge >= 0.3 is 11.9 Å². The number of rotatable bonds is 1. The molecule has 0 aromatic rings. The number of nitrogens with zero attached hydrogens (tertiary/aromatic N) is 2. The number of allylic oxidation sites excluding steroid dienone is 1. The maximum atomic E-state index is 11.5. The number of fused-ring (bicyclic) bond motifs is 2. The van der Waals surface area contributed by atoms with Crippen molar-refractivity contribution in [3.05, 3.63) is 23.5 Å². The number of hydrogen-bond acceptors (Lipinski definition) is 5. The summed E-state index contributed by atoms with van der Waals surface area (Å²) in [5.74, 6) is -1.89. The van der Waals surface area contributed by atoms with Gasteiger partial charge in [0.2, 0.25) is 5.91 Å². The lowest BCUT2D eigenvalue weighted by Gasteiger charge is -2.38. The van der Waals surface area contributed by atoms with Gasteiger partial charge in [-0.1, -0.05) is 6.08 Å². The number of esters is 1. The molecule has 2 N–H and O–H groups in total. The van der Waals surface area contributed by atoms with Crippen LogP contribution >= 0.6 is 0 Å². The Bertz CT molecular complexity index is 522. The number of ether oxygens (including phenoxy) is 1. The molecule has 0 bridgehead atoms. The Labute approximate surface area is 102 Å². The van der Waals surface area contributed by atoms with Crippen LogP contribution in [0.4, 0.5) is 0 Å². The van der Waals surface area contributed by atoms with E-state index in [2.05, 4.69) is 0 Å². The summed E-state index contributed by atoms with van der Waals surface area (Å²) in [5, 5.41) is 0. The van der Waals surface area contributed by atoms with Crippen molar-refractivity contribution in [2.75, 3.05) is 13.1 Å². The van der Waals surface area contributed by atoms with E-state index in [0.717, 1.165) is 5.70 Å². The first kappa shape index (κ1) is 10.8. The first-order valence-corrected chi connectivity index (χ1v) is 5.54. The summed E-state index contributed by atoms with van der Waals surface area (Å²) in [5.41, 5.74) is 6.61. The summed E-state index contributed by atoms with van der Waals surface area (Å²) in [6.07, 6.45) is 3.37. The van der Waals surface area contributed by atoms with Gasteiger partial charge in [-0.15, -0.1) is 0 Å². The molecule has 3 heterocycles. The van der Waals surface area contributed by atoms with Crippen LogP contribution in [-0.4, -0.2) is 46.9 Å². The van der Waals surface area contributed by atoms with Gasteiger partial charge in [0.05, 0.1) is 13.1 Å². The molecule has 2 amide bonds. The van der Waals surface area contributed by atoms with Crippen LogP contribution in [0.25, 0.3) is 0 Å². The lowest BCUT2D eigenvalue weighted by molar-refractivity contribution is -0.149. The zero-order chi connectivity index (χ0) is 12.9. The zero-order valence-corrected chi connectivity index (χ0v) is 9.46. The van der Waals surface area contributed by atoms with E-state index in [4.69, 9.17) is 10.5 Å². The standard InChI is InChI=1S/C11H11N3O4/c12-9(15)6-1-2-7-4-14-8(5-13(7)3-6)18-11(17)10(14)16/h2-3,8H,1,4-5H2,(H2,12,15). The minimum atomic E-state index is -0.820. The van der Waals surface area contributed by atoms with Crippen LogP contribution in [0.15, 0.2) is 23.5 Å². The smallest absolute Gasteiger partial charge is 0.399 e. The third-order valence-corrected chi connectivity index (χ3v) is 3.27. The van der Waals surface area contributed by atoms with Gasteiger partial charge in [-0.3, -0.25) is 14.5 Å². The minimum absolute atomic E-state index is 0.317. The molecule has 0 aromatic carbocycles. The summed E-state index contributed by atoms with van der Waals surface area (Å²) >= 11 is 0. The molecule has 2 fully saturated rings. The number of carbonyl (C=O) groups is 3. The van der Waals surface area contributed by atoms with E-state index in [1.54, 1.807) is 11.1 Å². The van der Waals surface area contributed by atoms with Crippen molar-refractivity contribution in [2.24, 2.45) is 5.73 Å². The molecule has 1 unspecified atom stereocenters. The Kier molecular flexibility index (Phi) is 2.16. The van der Waals surface area contributed by atoms with Gasteiger partial charge in [0.25, 0.3) is 0 Å². The highest BCUT2D eigenvalue weighted by Crippen LogP contribution is 2.28. The molecule has 2 saturated heterocycles. The fourth-order valence-corrected chi connectivity index (χ4v) is 2.30. The maximum Gasteiger partial charge on any atom is 0.399 e. The predicted octanol–water partition coefficient (Wildman–Crippen LogP) is -1.33. The van der Waals surface area contributed by atoms with E-state index in [-0.39, 0.29) is 0 Å². The number of nitrogens with two attached hydrogens (primary N) is 1. The number of piperazine rings is 1. The topological polar surface area (TPSA) is 92.9 Å². The minimum Gasteiger partial charge on any atom is -0.432 e. The second-order valence-corrected chi connectivity index (χ2v) is 4.36. The molecule has 1 atom stereocenters. The lowest BCUT2D eigenvalue weighted by Crippen LogP contribution is -2.49. The molecule has 0 aromatic heterocycles. The highest BCUT2D eigenvalue weighted by Gasteiger charge is 2.45. The van der Waals surface area contributed by atoms with E-state index in [0.29, 0.717) is 25.1 Å². The molecule has 0 saturated carbocycles. The fourth-order valence-electron chi connectivity index (χ4n) is 2.30. The molecule has 3 rings (SSSR count). The van der Waals surface area contributed by atoms with Crippen molar-refractivity contribution in [3.63, 3.8) is 0 Å². The Hall–Kier alpha value is -2.31. The lowest BCUT2D eigenvalue weighted by atomic mass is 10.1. The highest BCUT2D eigenvalue weighted by atomic mass is 16.6. The second kappa shape index (κ2) is 3.59. The van der Waals surface area contributed by atoms with Gasteiger partial charge in [-0.25, -0.2) is 4.79 Å². The van der Waals surface area contributed by atoms with Crippen LogP contribution in [0.5, 0.6) is 0 Å². The predicted molar refractivity (Wildman–Crippen MR) is 58.3 cm³/mol. The number of amides is 2. The van der Waals surface area contributed by atoms with E-state index >= 15 is 0 Å². The first-order valence-electron chi connectivity index (χ1n) is 5.54. The highest BCUT2D eigenvalue weighted by molar-refractivity contribution is 6.34. The van der Waals surface area contributed by atoms with Gasteiger partial charge in [0, 0.05) is 17.5 Å². The molecule has 94 valence electrons. The van der Waals surface area contributed by atoms with Crippen LogP contribution in [0, 0.1) is 0 Å². The summed E-state index contributed by atoms with van der Waals surface area (Å²) in [6, 6.07) is 0. The normalized spacial score (nSPS) is 26.1. The summed E-state index contributed by atoms with van der Waals surface area (Å²) < 4.78 is 4.95. The summed E-state index contributed by atoms with van der Waals surface area (Å²) in [4.78, 5) is 37.0. The van der Waals surface area contributed by atoms with E-state index < -0.39 is 24.0 Å². The van der Waals surface area contributed by atoms with Crippen LogP contribution in [0.3, 0.4) is 0 Å².